The third-order valence-corrected chi connectivity index (χ3v) is 5.30. The second-order valence-electron chi connectivity index (χ2n) is 7.15. The second-order valence-corrected chi connectivity index (χ2v) is 7.15. The van der Waals surface area contributed by atoms with Crippen molar-refractivity contribution in [3.63, 3.8) is 0 Å². The molecule has 3 N–H and O–H groups in total. The summed E-state index contributed by atoms with van der Waals surface area (Å²) >= 11 is 0. The molecule has 0 saturated carbocycles. The maximum absolute atomic E-state index is 12.5. The predicted octanol–water partition coefficient (Wildman–Crippen LogP) is 2.43. The van der Waals surface area contributed by atoms with Crippen molar-refractivity contribution >= 4 is 39.7 Å². The number of nitrogens with two attached hydrogens (primary N) is 1. The van der Waals surface area contributed by atoms with Crippen LogP contribution in [-0.2, 0) is 6.54 Å². The minimum atomic E-state index is -0.510. The highest BCUT2D eigenvalue weighted by Crippen LogP contribution is 2.29. The van der Waals surface area contributed by atoms with Crippen LogP contribution in [0.5, 0.6) is 0 Å². The Kier molecular flexibility index (Phi) is 4.62. The summed E-state index contributed by atoms with van der Waals surface area (Å²) in [5.74, 6) is -0.302. The number of aromatic nitrogens is 6. The molecule has 0 aliphatic heterocycles. The SMILES string of the molecule is CCn1c2ccccc2c2cc(C=NNC(=O)c3nnn(-c4nonc4N)c3C)ccc21. The number of carbonyl (C=O) groups excluding carboxylic acids is 1. The first-order chi connectivity index (χ1) is 15.6. The number of hydrogen-bond acceptors (Lipinski definition) is 8. The van der Waals surface area contributed by atoms with Crippen LogP contribution in [0.15, 0.2) is 52.2 Å². The number of nitrogens with zero attached hydrogens (tertiary/aromatic N) is 7. The van der Waals surface area contributed by atoms with Crippen molar-refractivity contribution in [2.75, 3.05) is 5.73 Å². The number of amides is 1. The third kappa shape index (κ3) is 3.07. The molecule has 3 heterocycles. The molecule has 0 aliphatic carbocycles. The van der Waals surface area contributed by atoms with Gasteiger partial charge in [0.1, 0.15) is 0 Å². The van der Waals surface area contributed by atoms with E-state index in [2.05, 4.69) is 71.5 Å². The molecule has 0 spiro atoms. The van der Waals surface area contributed by atoms with Crippen LogP contribution in [0.3, 0.4) is 0 Å². The summed E-state index contributed by atoms with van der Waals surface area (Å²) in [7, 11) is 0. The Balaban J connectivity index is 1.38. The van der Waals surface area contributed by atoms with Gasteiger partial charge in [0.15, 0.2) is 5.69 Å². The van der Waals surface area contributed by atoms with Gasteiger partial charge in [-0.1, -0.05) is 29.5 Å². The lowest BCUT2D eigenvalue weighted by Crippen LogP contribution is -2.19. The molecule has 11 nitrogen and oxygen atoms in total. The number of anilines is 1. The zero-order chi connectivity index (χ0) is 22.2. The Hall–Kier alpha value is -4.54. The van der Waals surface area contributed by atoms with Gasteiger partial charge in [0.2, 0.25) is 11.6 Å². The molecule has 11 heteroatoms. The highest BCUT2D eigenvalue weighted by Gasteiger charge is 2.20. The highest BCUT2D eigenvalue weighted by atomic mass is 16.6. The van der Waals surface area contributed by atoms with Gasteiger partial charge in [0.25, 0.3) is 5.91 Å². The number of hydrazone groups is 1. The van der Waals surface area contributed by atoms with Gasteiger partial charge < -0.3 is 10.3 Å². The molecule has 0 bridgehead atoms. The van der Waals surface area contributed by atoms with Gasteiger partial charge in [-0.25, -0.2) is 10.1 Å². The lowest BCUT2D eigenvalue weighted by molar-refractivity contribution is 0.0949. The summed E-state index contributed by atoms with van der Waals surface area (Å²) in [6.07, 6.45) is 1.59. The summed E-state index contributed by atoms with van der Waals surface area (Å²) in [6.45, 7) is 4.66. The summed E-state index contributed by atoms with van der Waals surface area (Å²) in [6, 6.07) is 14.4. The van der Waals surface area contributed by atoms with E-state index in [1.807, 2.05) is 18.2 Å². The van der Waals surface area contributed by atoms with Crippen LogP contribution in [-0.4, -0.2) is 42.0 Å². The fraction of sp³-hybridized carbons (Fsp3) is 0.143. The van der Waals surface area contributed by atoms with Crippen LogP contribution in [0.25, 0.3) is 27.6 Å². The van der Waals surface area contributed by atoms with Gasteiger partial charge >= 0.3 is 0 Å². The van der Waals surface area contributed by atoms with Gasteiger partial charge in [0.05, 0.1) is 11.9 Å². The highest BCUT2D eigenvalue weighted by molar-refractivity contribution is 6.09. The Morgan fingerprint density at radius 1 is 1.19 bits per heavy atom. The molecule has 1 amide bonds. The van der Waals surface area contributed by atoms with Crippen molar-refractivity contribution in [3.05, 3.63) is 59.4 Å². The Morgan fingerprint density at radius 2 is 2.00 bits per heavy atom. The second kappa shape index (κ2) is 7.61. The fourth-order valence-electron chi connectivity index (χ4n) is 3.79. The Morgan fingerprint density at radius 3 is 2.78 bits per heavy atom. The van der Waals surface area contributed by atoms with E-state index < -0.39 is 5.91 Å². The van der Waals surface area contributed by atoms with Gasteiger partial charge in [-0.15, -0.1) is 5.10 Å². The predicted molar refractivity (Wildman–Crippen MR) is 119 cm³/mol. The zero-order valence-corrected chi connectivity index (χ0v) is 17.4. The standard InChI is InChI=1S/C21H19N9O2/c1-3-29-16-7-5-4-6-14(16)15-10-13(8-9-17(15)29)11-23-25-21(31)18-12(2)30(28-24-18)20-19(22)26-32-27-20/h4-11H,3H2,1-2H3,(H2,22,26)(H,25,31). The van der Waals surface area contributed by atoms with E-state index in [1.54, 1.807) is 13.1 Å². The van der Waals surface area contributed by atoms with Crippen molar-refractivity contribution in [2.24, 2.45) is 5.10 Å². The quantitative estimate of drug-likeness (QED) is 0.323. The van der Waals surface area contributed by atoms with Crippen LogP contribution in [0, 0.1) is 6.92 Å². The molecule has 160 valence electrons. The minimum Gasteiger partial charge on any atom is -0.378 e. The molecule has 0 unspecified atom stereocenters. The van der Waals surface area contributed by atoms with Gasteiger partial charge in [-0.3, -0.25) is 4.79 Å². The first-order valence-electron chi connectivity index (χ1n) is 9.93. The van der Waals surface area contributed by atoms with E-state index in [1.165, 1.54) is 15.6 Å². The smallest absolute Gasteiger partial charge is 0.293 e. The number of rotatable bonds is 5. The first-order valence-corrected chi connectivity index (χ1v) is 9.93. The number of aryl methyl sites for hydroxylation is 1. The van der Waals surface area contributed by atoms with E-state index in [0.717, 1.165) is 23.0 Å². The number of carbonyl (C=O) groups is 1. The van der Waals surface area contributed by atoms with E-state index in [9.17, 15) is 4.79 Å². The number of nitrogens with one attached hydrogen (secondary N) is 1. The van der Waals surface area contributed by atoms with E-state index in [4.69, 9.17) is 5.73 Å². The van der Waals surface area contributed by atoms with Crippen molar-refractivity contribution in [2.45, 2.75) is 20.4 Å². The average Bonchev–Trinajstić information content (AvgIpc) is 3.48. The van der Waals surface area contributed by atoms with E-state index in [0.29, 0.717) is 5.69 Å². The number of hydrogen-bond donors (Lipinski definition) is 2. The average molecular weight is 429 g/mol. The molecule has 5 aromatic rings. The Bertz CT molecular complexity index is 1490. The van der Waals surface area contributed by atoms with Crippen molar-refractivity contribution in [3.8, 4) is 5.82 Å². The number of nitrogen functional groups attached to an aromatic ring is 1. The molecule has 0 fully saturated rings. The first kappa shape index (κ1) is 19.4. The lowest BCUT2D eigenvalue weighted by atomic mass is 10.1. The van der Waals surface area contributed by atoms with Crippen molar-refractivity contribution < 1.29 is 9.42 Å². The molecule has 5 rings (SSSR count). The van der Waals surface area contributed by atoms with Gasteiger partial charge in [0, 0.05) is 28.4 Å². The Labute approximate surface area is 181 Å². The molecular formula is C21H19N9O2. The molecule has 0 radical (unpaired) electrons. The van der Waals surface area contributed by atoms with Crippen LogP contribution < -0.4 is 11.2 Å². The fourth-order valence-corrected chi connectivity index (χ4v) is 3.79. The van der Waals surface area contributed by atoms with Crippen LogP contribution in [0.2, 0.25) is 0 Å². The molecule has 2 aromatic carbocycles. The maximum atomic E-state index is 12.5. The van der Waals surface area contributed by atoms with Crippen LogP contribution in [0.4, 0.5) is 5.82 Å². The van der Waals surface area contributed by atoms with Crippen molar-refractivity contribution in [1.82, 2.24) is 35.3 Å². The summed E-state index contributed by atoms with van der Waals surface area (Å²) in [5.41, 5.74) is 11.9. The minimum absolute atomic E-state index is 0.0443. The van der Waals surface area contributed by atoms with E-state index >= 15 is 0 Å². The molecule has 3 aromatic heterocycles. The number of benzene rings is 2. The van der Waals surface area contributed by atoms with Gasteiger partial charge in [-0.2, -0.15) is 9.78 Å². The molecule has 0 atom stereocenters. The normalized spacial score (nSPS) is 11.7. The van der Waals surface area contributed by atoms with Crippen LogP contribution in [0.1, 0.15) is 28.7 Å². The largest absolute Gasteiger partial charge is 0.378 e. The number of para-hydroxylation sites is 1. The summed E-state index contributed by atoms with van der Waals surface area (Å²) in [5, 5.41) is 21.3. The molecule has 32 heavy (non-hydrogen) atoms. The lowest BCUT2D eigenvalue weighted by Gasteiger charge is -2.02. The third-order valence-electron chi connectivity index (χ3n) is 5.30. The zero-order valence-electron chi connectivity index (χ0n) is 17.4. The molecular weight excluding hydrogens is 410 g/mol. The summed E-state index contributed by atoms with van der Waals surface area (Å²) < 4.78 is 8.12. The monoisotopic (exact) mass is 429 g/mol. The summed E-state index contributed by atoms with van der Waals surface area (Å²) in [4.78, 5) is 12.5. The van der Waals surface area contributed by atoms with Crippen molar-refractivity contribution in [1.29, 1.82) is 0 Å². The topological polar surface area (TPSA) is 142 Å². The molecule has 0 aliphatic rings. The van der Waals surface area contributed by atoms with Gasteiger partial charge in [-0.05, 0) is 47.9 Å². The molecule has 0 saturated heterocycles. The van der Waals surface area contributed by atoms with E-state index in [-0.39, 0.29) is 17.3 Å². The van der Waals surface area contributed by atoms with Crippen LogP contribution >= 0.6 is 0 Å². The maximum Gasteiger partial charge on any atom is 0.293 e. The number of fused-ring (bicyclic) bond motifs is 3.